The summed E-state index contributed by atoms with van der Waals surface area (Å²) >= 11 is 1.24. The van der Waals surface area contributed by atoms with Crippen LogP contribution in [0.15, 0.2) is 24.3 Å². The average molecular weight is 393 g/mol. The second-order valence-corrected chi connectivity index (χ2v) is 11.6. The lowest BCUT2D eigenvalue weighted by atomic mass is 10.1. The van der Waals surface area contributed by atoms with Gasteiger partial charge >= 0.3 is 6.80 Å². The smallest absolute Gasteiger partial charge is 0.408 e. The van der Waals surface area contributed by atoms with Crippen molar-refractivity contribution in [2.75, 3.05) is 0 Å². The topological polar surface area (TPSA) is 35.5 Å². The van der Waals surface area contributed by atoms with Gasteiger partial charge in [0.25, 0.3) is 0 Å². The zero-order valence-corrected chi connectivity index (χ0v) is 18.7. The maximum Gasteiger partial charge on any atom is 0.493 e. The number of rotatable bonds is 6. The molecular weight excluding hydrogens is 363 g/mol. The first-order chi connectivity index (χ1) is 12.0. The second-order valence-electron chi connectivity index (χ2n) is 7.19. The Kier molecular flexibility index (Phi) is 6.52. The predicted molar refractivity (Wildman–Crippen MR) is 113 cm³/mol. The Morgan fingerprint density at radius 2 is 1.15 bits per heavy atom. The fourth-order valence-electron chi connectivity index (χ4n) is 2.75. The lowest BCUT2D eigenvalue weighted by Gasteiger charge is -2.23. The van der Waals surface area contributed by atoms with Gasteiger partial charge in [0.2, 0.25) is 0 Å². The van der Waals surface area contributed by atoms with Crippen molar-refractivity contribution in [1.29, 1.82) is 0 Å². The van der Waals surface area contributed by atoms with Gasteiger partial charge in [0, 0.05) is 5.25 Å². The molecule has 0 unspecified atom stereocenters. The van der Waals surface area contributed by atoms with E-state index in [0.29, 0.717) is 11.5 Å². The number of benzene rings is 2. The molecule has 0 N–H and O–H groups in total. The van der Waals surface area contributed by atoms with E-state index in [1.165, 1.54) is 11.4 Å². The third kappa shape index (κ3) is 5.08. The lowest BCUT2D eigenvalue weighted by Crippen LogP contribution is -2.04. The molecule has 142 valence electrons. The van der Waals surface area contributed by atoms with Crippen LogP contribution in [0.5, 0.6) is 11.5 Å². The monoisotopic (exact) mass is 392 g/mol. The third-order valence-electron chi connectivity index (χ3n) is 4.29. The highest BCUT2D eigenvalue weighted by Crippen LogP contribution is 2.62. The van der Waals surface area contributed by atoms with Gasteiger partial charge in [0.1, 0.15) is 11.5 Å². The Labute approximate surface area is 161 Å². The zero-order valence-electron chi connectivity index (χ0n) is 17.0. The molecular formula is C21H29O3PS. The molecule has 0 amide bonds. The first-order valence-electron chi connectivity index (χ1n) is 8.84. The van der Waals surface area contributed by atoms with Gasteiger partial charge in [0.05, 0.1) is 0 Å². The van der Waals surface area contributed by atoms with Crippen molar-refractivity contribution in [3.8, 4) is 11.5 Å². The summed E-state index contributed by atoms with van der Waals surface area (Å²) in [5, 5.41) is 0.109. The Morgan fingerprint density at radius 3 is 1.50 bits per heavy atom. The fourth-order valence-corrected chi connectivity index (χ4v) is 6.54. The average Bonchev–Trinajstić information content (AvgIpc) is 2.48. The highest BCUT2D eigenvalue weighted by Gasteiger charge is 2.32. The Hall–Kier alpha value is -1.38. The number of aryl methyl sites for hydroxylation is 4. The fraction of sp³-hybridized carbons (Fsp3) is 0.429. The van der Waals surface area contributed by atoms with Gasteiger partial charge in [-0.2, -0.15) is 0 Å². The largest absolute Gasteiger partial charge is 0.493 e. The summed E-state index contributed by atoms with van der Waals surface area (Å²) in [5.74, 6) is 1.25. The van der Waals surface area contributed by atoms with Crippen molar-refractivity contribution in [3.63, 3.8) is 0 Å². The van der Waals surface area contributed by atoms with Crippen LogP contribution in [0.1, 0.15) is 47.2 Å². The van der Waals surface area contributed by atoms with Gasteiger partial charge in [-0.3, -0.25) is 0 Å². The van der Waals surface area contributed by atoms with E-state index in [9.17, 15) is 4.57 Å². The molecule has 0 atom stereocenters. The van der Waals surface area contributed by atoms with Gasteiger partial charge in [-0.1, -0.05) is 26.0 Å². The van der Waals surface area contributed by atoms with Crippen molar-refractivity contribution >= 4 is 18.2 Å². The summed E-state index contributed by atoms with van der Waals surface area (Å²) in [6, 6.07) is 8.04. The van der Waals surface area contributed by atoms with Crippen LogP contribution in [-0.2, 0) is 4.57 Å². The minimum Gasteiger partial charge on any atom is -0.408 e. The van der Waals surface area contributed by atoms with Crippen LogP contribution in [0.2, 0.25) is 0 Å². The SMILES string of the molecule is Cc1cc(C)c(C)c(OP(=O)(Oc2cc(C)cc(C)c2C)SC(C)C)c1. The first-order valence-corrected chi connectivity index (χ1v) is 11.9. The molecule has 0 bridgehead atoms. The normalized spacial score (nSPS) is 11.7. The molecule has 0 heterocycles. The quantitative estimate of drug-likeness (QED) is 0.485. The minimum atomic E-state index is -3.44. The van der Waals surface area contributed by atoms with E-state index in [2.05, 4.69) is 12.1 Å². The van der Waals surface area contributed by atoms with Crippen LogP contribution in [0, 0.1) is 41.5 Å². The molecule has 2 aromatic rings. The van der Waals surface area contributed by atoms with E-state index >= 15 is 0 Å². The molecule has 0 saturated carbocycles. The molecule has 0 aliphatic carbocycles. The summed E-state index contributed by atoms with van der Waals surface area (Å²) in [5.41, 5.74) is 6.35. The van der Waals surface area contributed by atoms with E-state index in [0.717, 1.165) is 33.4 Å². The molecule has 26 heavy (non-hydrogen) atoms. The van der Waals surface area contributed by atoms with Crippen molar-refractivity contribution in [1.82, 2.24) is 0 Å². The minimum absolute atomic E-state index is 0.109. The van der Waals surface area contributed by atoms with Crippen LogP contribution in [0.3, 0.4) is 0 Å². The molecule has 0 aliphatic rings. The van der Waals surface area contributed by atoms with E-state index in [1.54, 1.807) is 0 Å². The number of hydrogen-bond acceptors (Lipinski definition) is 4. The van der Waals surface area contributed by atoms with Crippen molar-refractivity contribution < 1.29 is 13.6 Å². The Bertz CT molecular complexity index is 795. The highest BCUT2D eigenvalue weighted by molar-refractivity contribution is 8.55. The molecule has 0 fully saturated rings. The Balaban J connectivity index is 2.45. The van der Waals surface area contributed by atoms with Crippen LogP contribution in [0.4, 0.5) is 0 Å². The molecule has 0 saturated heterocycles. The summed E-state index contributed by atoms with van der Waals surface area (Å²) in [6.07, 6.45) is 0. The van der Waals surface area contributed by atoms with E-state index in [4.69, 9.17) is 9.05 Å². The molecule has 0 aliphatic heterocycles. The molecule has 3 nitrogen and oxygen atoms in total. The Morgan fingerprint density at radius 1 is 0.769 bits per heavy atom. The molecule has 2 rings (SSSR count). The van der Waals surface area contributed by atoms with Crippen LogP contribution < -0.4 is 9.05 Å². The molecule has 0 radical (unpaired) electrons. The predicted octanol–water partition coefficient (Wildman–Crippen LogP) is 7.24. The standard InChI is InChI=1S/C21H29O3PS/c1-13(2)26-25(22,23-20-11-14(3)9-16(5)18(20)7)24-21-12-15(4)10-17(6)19(21)8/h9-13H,1-8H3. The highest BCUT2D eigenvalue weighted by atomic mass is 32.7. The van der Waals surface area contributed by atoms with Gasteiger partial charge in [-0.15, -0.1) is 0 Å². The van der Waals surface area contributed by atoms with Crippen molar-refractivity contribution in [2.45, 2.75) is 60.6 Å². The van der Waals surface area contributed by atoms with Crippen molar-refractivity contribution in [2.24, 2.45) is 0 Å². The van der Waals surface area contributed by atoms with Crippen LogP contribution >= 0.6 is 18.2 Å². The summed E-state index contributed by atoms with van der Waals surface area (Å²) < 4.78 is 25.7. The zero-order chi connectivity index (χ0) is 19.6. The van der Waals surface area contributed by atoms with E-state index < -0.39 is 6.80 Å². The number of hydrogen-bond donors (Lipinski definition) is 0. The maximum absolute atomic E-state index is 13.6. The van der Waals surface area contributed by atoms with E-state index in [1.807, 2.05) is 67.5 Å². The van der Waals surface area contributed by atoms with E-state index in [-0.39, 0.29) is 5.25 Å². The third-order valence-corrected chi connectivity index (χ3v) is 8.30. The first kappa shape index (κ1) is 20.9. The van der Waals surface area contributed by atoms with Gasteiger partial charge in [-0.25, -0.2) is 4.57 Å². The maximum atomic E-state index is 13.6. The van der Waals surface area contributed by atoms with Crippen LogP contribution in [-0.4, -0.2) is 5.25 Å². The lowest BCUT2D eigenvalue weighted by molar-refractivity contribution is 0.405. The molecule has 2 aromatic carbocycles. The molecule has 5 heteroatoms. The van der Waals surface area contributed by atoms with Crippen LogP contribution in [0.25, 0.3) is 0 Å². The summed E-state index contributed by atoms with van der Waals surface area (Å²) in [4.78, 5) is 0. The second kappa shape index (κ2) is 8.10. The molecule has 0 spiro atoms. The van der Waals surface area contributed by atoms with Crippen molar-refractivity contribution in [3.05, 3.63) is 57.6 Å². The van der Waals surface area contributed by atoms with Gasteiger partial charge in [0.15, 0.2) is 0 Å². The summed E-state index contributed by atoms with van der Waals surface area (Å²) in [7, 11) is 0. The summed E-state index contributed by atoms with van der Waals surface area (Å²) in [6.45, 7) is 12.6. The molecule has 0 aromatic heterocycles. The van der Waals surface area contributed by atoms with Gasteiger partial charge in [-0.05, 0) is 98.4 Å². The van der Waals surface area contributed by atoms with Gasteiger partial charge < -0.3 is 9.05 Å².